The van der Waals surface area contributed by atoms with E-state index in [4.69, 9.17) is 14.2 Å². The van der Waals surface area contributed by atoms with E-state index >= 15 is 0 Å². The van der Waals surface area contributed by atoms with E-state index in [2.05, 4.69) is 5.32 Å². The molecule has 0 unspecified atom stereocenters. The van der Waals surface area contributed by atoms with Crippen molar-refractivity contribution in [2.24, 2.45) is 0 Å². The zero-order valence-corrected chi connectivity index (χ0v) is 13.9. The minimum absolute atomic E-state index is 0.00974. The number of ether oxygens (including phenoxy) is 3. The number of benzene rings is 2. The quantitative estimate of drug-likeness (QED) is 0.779. The van der Waals surface area contributed by atoms with Crippen LogP contribution in [-0.2, 0) is 20.7 Å². The normalized spacial score (nSPS) is 10.0. The fraction of sp³-hybridized carbons (Fsp3) is 0.222. The number of hydrogen-bond acceptors (Lipinski definition) is 5. The van der Waals surface area contributed by atoms with E-state index in [1.54, 1.807) is 18.2 Å². The van der Waals surface area contributed by atoms with Crippen molar-refractivity contribution >= 4 is 17.6 Å². The molecule has 25 heavy (non-hydrogen) atoms. The molecule has 2 rings (SSSR count). The summed E-state index contributed by atoms with van der Waals surface area (Å²) in [7, 11) is 3.02. The highest BCUT2D eigenvalue weighted by atomic mass is 19.1. The fourth-order valence-corrected chi connectivity index (χ4v) is 2.08. The maximum atomic E-state index is 12.8. The molecule has 0 heterocycles. The monoisotopic (exact) mass is 347 g/mol. The van der Waals surface area contributed by atoms with Crippen LogP contribution in [0.1, 0.15) is 5.56 Å². The van der Waals surface area contributed by atoms with E-state index in [1.807, 2.05) is 0 Å². The van der Waals surface area contributed by atoms with Crippen LogP contribution in [0.25, 0.3) is 0 Å². The van der Waals surface area contributed by atoms with Gasteiger partial charge in [-0.05, 0) is 42.0 Å². The number of amides is 1. The Kier molecular flexibility index (Phi) is 6.33. The summed E-state index contributed by atoms with van der Waals surface area (Å²) in [5, 5.41) is 2.50. The summed E-state index contributed by atoms with van der Waals surface area (Å²) in [6, 6.07) is 10.3. The molecule has 0 fully saturated rings. The number of nitrogens with one attached hydrogen (secondary N) is 1. The average molecular weight is 347 g/mol. The first kappa shape index (κ1) is 18.3. The third kappa shape index (κ3) is 5.49. The number of esters is 1. The van der Waals surface area contributed by atoms with Crippen LogP contribution < -0.4 is 14.8 Å². The van der Waals surface area contributed by atoms with E-state index in [0.717, 1.165) is 0 Å². The molecule has 0 saturated heterocycles. The van der Waals surface area contributed by atoms with Crippen LogP contribution in [0.5, 0.6) is 11.5 Å². The van der Waals surface area contributed by atoms with Gasteiger partial charge in [-0.2, -0.15) is 0 Å². The van der Waals surface area contributed by atoms with Gasteiger partial charge in [0.05, 0.1) is 20.6 Å². The predicted molar refractivity (Wildman–Crippen MR) is 89.2 cm³/mol. The fourth-order valence-electron chi connectivity index (χ4n) is 2.08. The van der Waals surface area contributed by atoms with Crippen LogP contribution >= 0.6 is 0 Å². The van der Waals surface area contributed by atoms with Crippen LogP contribution in [0.15, 0.2) is 42.5 Å². The third-order valence-electron chi connectivity index (χ3n) is 3.29. The first-order valence-corrected chi connectivity index (χ1v) is 7.43. The summed E-state index contributed by atoms with van der Waals surface area (Å²) in [5.41, 5.74) is 1.09. The standard InChI is InChI=1S/C18H18FNO5/c1-23-15-8-3-12(9-16(15)24-2)10-18(22)25-11-17(21)20-14-6-4-13(19)5-7-14/h3-9H,10-11H2,1-2H3,(H,20,21). The van der Waals surface area contributed by atoms with Crippen molar-refractivity contribution in [2.75, 3.05) is 26.1 Å². The average Bonchev–Trinajstić information content (AvgIpc) is 2.62. The lowest BCUT2D eigenvalue weighted by atomic mass is 10.1. The second-order valence-electron chi connectivity index (χ2n) is 5.08. The summed E-state index contributed by atoms with van der Waals surface area (Å²) in [4.78, 5) is 23.6. The molecule has 1 amide bonds. The first-order valence-electron chi connectivity index (χ1n) is 7.43. The Hall–Kier alpha value is -3.09. The Morgan fingerprint density at radius 2 is 1.68 bits per heavy atom. The molecular weight excluding hydrogens is 329 g/mol. The van der Waals surface area contributed by atoms with Crippen LogP contribution in [-0.4, -0.2) is 32.7 Å². The molecule has 0 spiro atoms. The van der Waals surface area contributed by atoms with Gasteiger partial charge in [-0.3, -0.25) is 9.59 Å². The second kappa shape index (κ2) is 8.68. The van der Waals surface area contributed by atoms with Crippen molar-refractivity contribution in [3.05, 3.63) is 53.8 Å². The lowest BCUT2D eigenvalue weighted by Gasteiger charge is -2.10. The zero-order valence-electron chi connectivity index (χ0n) is 13.9. The molecule has 132 valence electrons. The van der Waals surface area contributed by atoms with E-state index in [1.165, 1.54) is 38.5 Å². The highest BCUT2D eigenvalue weighted by molar-refractivity contribution is 5.92. The molecule has 0 aliphatic carbocycles. The van der Waals surface area contributed by atoms with Gasteiger partial charge in [-0.1, -0.05) is 6.07 Å². The molecule has 2 aromatic rings. The summed E-state index contributed by atoms with van der Waals surface area (Å²) in [6.07, 6.45) is -0.00974. The van der Waals surface area contributed by atoms with Crippen molar-refractivity contribution in [2.45, 2.75) is 6.42 Å². The molecule has 0 aliphatic heterocycles. The van der Waals surface area contributed by atoms with Crippen molar-refractivity contribution in [3.8, 4) is 11.5 Å². The molecule has 0 bridgehead atoms. The van der Waals surface area contributed by atoms with Gasteiger partial charge < -0.3 is 19.5 Å². The van der Waals surface area contributed by atoms with Gasteiger partial charge in [-0.15, -0.1) is 0 Å². The van der Waals surface area contributed by atoms with Crippen LogP contribution in [0.3, 0.4) is 0 Å². The molecule has 0 radical (unpaired) electrons. The molecule has 0 atom stereocenters. The molecule has 0 aliphatic rings. The number of carbonyl (C=O) groups is 2. The van der Waals surface area contributed by atoms with Gasteiger partial charge in [0.15, 0.2) is 18.1 Å². The maximum Gasteiger partial charge on any atom is 0.310 e. The molecule has 2 aromatic carbocycles. The third-order valence-corrected chi connectivity index (χ3v) is 3.29. The number of carbonyl (C=O) groups excluding carboxylic acids is 2. The number of hydrogen-bond donors (Lipinski definition) is 1. The van der Waals surface area contributed by atoms with Crippen LogP contribution in [0.2, 0.25) is 0 Å². The smallest absolute Gasteiger partial charge is 0.310 e. The summed E-state index contributed by atoms with van der Waals surface area (Å²) >= 11 is 0. The Bertz CT molecular complexity index is 746. The van der Waals surface area contributed by atoms with Crippen molar-refractivity contribution < 1.29 is 28.2 Å². The van der Waals surface area contributed by atoms with Gasteiger partial charge >= 0.3 is 5.97 Å². The highest BCUT2D eigenvalue weighted by Gasteiger charge is 2.11. The molecule has 6 nitrogen and oxygen atoms in total. The molecule has 1 N–H and O–H groups in total. The molecular formula is C18H18FNO5. The predicted octanol–water partition coefficient (Wildman–Crippen LogP) is 2.57. The first-order chi connectivity index (χ1) is 12.0. The Morgan fingerprint density at radius 3 is 2.32 bits per heavy atom. The van der Waals surface area contributed by atoms with Gasteiger partial charge in [0.1, 0.15) is 5.82 Å². The lowest BCUT2D eigenvalue weighted by Crippen LogP contribution is -2.21. The second-order valence-corrected chi connectivity index (χ2v) is 5.08. The Balaban J connectivity index is 1.84. The molecule has 7 heteroatoms. The highest BCUT2D eigenvalue weighted by Crippen LogP contribution is 2.27. The number of anilines is 1. The van der Waals surface area contributed by atoms with Gasteiger partial charge in [0.25, 0.3) is 5.91 Å². The number of halogens is 1. The van der Waals surface area contributed by atoms with Crippen molar-refractivity contribution in [1.82, 2.24) is 0 Å². The SMILES string of the molecule is COc1ccc(CC(=O)OCC(=O)Nc2ccc(F)cc2)cc1OC. The summed E-state index contributed by atoms with van der Waals surface area (Å²) in [6.45, 7) is -0.427. The van der Waals surface area contributed by atoms with E-state index in [-0.39, 0.29) is 6.42 Å². The zero-order chi connectivity index (χ0) is 18.2. The van der Waals surface area contributed by atoms with E-state index in [9.17, 15) is 14.0 Å². The summed E-state index contributed by atoms with van der Waals surface area (Å²) in [5.74, 6) is -0.409. The lowest BCUT2D eigenvalue weighted by molar-refractivity contribution is -0.146. The van der Waals surface area contributed by atoms with E-state index < -0.39 is 24.3 Å². The summed E-state index contributed by atoms with van der Waals surface area (Å²) < 4.78 is 28.0. The number of methoxy groups -OCH3 is 2. The topological polar surface area (TPSA) is 73.9 Å². The van der Waals surface area contributed by atoms with Crippen molar-refractivity contribution in [3.63, 3.8) is 0 Å². The van der Waals surface area contributed by atoms with Gasteiger partial charge in [0.2, 0.25) is 0 Å². The Morgan fingerprint density at radius 1 is 1.00 bits per heavy atom. The van der Waals surface area contributed by atoms with Crippen LogP contribution in [0.4, 0.5) is 10.1 Å². The van der Waals surface area contributed by atoms with Crippen LogP contribution in [0, 0.1) is 5.82 Å². The number of rotatable bonds is 7. The van der Waals surface area contributed by atoms with E-state index in [0.29, 0.717) is 22.7 Å². The van der Waals surface area contributed by atoms with Gasteiger partial charge in [-0.25, -0.2) is 4.39 Å². The molecule has 0 saturated carbocycles. The minimum atomic E-state index is -0.554. The van der Waals surface area contributed by atoms with Crippen molar-refractivity contribution in [1.29, 1.82) is 0 Å². The Labute approximate surface area is 144 Å². The largest absolute Gasteiger partial charge is 0.493 e. The van der Waals surface area contributed by atoms with Gasteiger partial charge in [0, 0.05) is 5.69 Å². The minimum Gasteiger partial charge on any atom is -0.493 e. The molecule has 0 aromatic heterocycles. The maximum absolute atomic E-state index is 12.8.